The van der Waals surface area contributed by atoms with Crippen LogP contribution in [0.1, 0.15) is 24.0 Å². The summed E-state index contributed by atoms with van der Waals surface area (Å²) in [6, 6.07) is 27.2. The molecule has 5 nitrogen and oxygen atoms in total. The van der Waals surface area contributed by atoms with Crippen molar-refractivity contribution in [3.8, 4) is 5.75 Å². The first-order valence-electron chi connectivity index (χ1n) is 11.3. The Morgan fingerprint density at radius 2 is 1.52 bits per heavy atom. The molecular weight excluding hydrogens is 412 g/mol. The van der Waals surface area contributed by atoms with Crippen LogP contribution in [-0.4, -0.2) is 29.8 Å². The quantitative estimate of drug-likeness (QED) is 0.517. The smallest absolute Gasteiger partial charge is 0.246 e. The molecule has 0 aliphatic carbocycles. The van der Waals surface area contributed by atoms with Crippen LogP contribution in [0.2, 0.25) is 0 Å². The van der Waals surface area contributed by atoms with E-state index in [1.807, 2.05) is 95.9 Å². The molecule has 0 saturated carbocycles. The monoisotopic (exact) mass is 440 g/mol. The van der Waals surface area contributed by atoms with E-state index < -0.39 is 0 Å². The first kappa shape index (κ1) is 22.3. The van der Waals surface area contributed by atoms with Gasteiger partial charge in [0.1, 0.15) is 12.4 Å². The average molecular weight is 441 g/mol. The summed E-state index contributed by atoms with van der Waals surface area (Å²) in [5.74, 6) is 0.650. The Labute approximate surface area is 194 Å². The number of nitrogens with one attached hydrogen (secondary N) is 1. The molecule has 0 unspecified atom stereocenters. The normalized spacial score (nSPS) is 14.2. The topological polar surface area (TPSA) is 58.6 Å². The summed E-state index contributed by atoms with van der Waals surface area (Å²) in [6.07, 6.45) is 4.76. The van der Waals surface area contributed by atoms with Gasteiger partial charge in [0.15, 0.2) is 0 Å². The number of piperidine rings is 1. The highest BCUT2D eigenvalue weighted by Gasteiger charge is 2.26. The zero-order valence-corrected chi connectivity index (χ0v) is 18.5. The van der Waals surface area contributed by atoms with Crippen LogP contribution in [-0.2, 0) is 16.2 Å². The molecule has 4 rings (SSSR count). The largest absolute Gasteiger partial charge is 0.489 e. The summed E-state index contributed by atoms with van der Waals surface area (Å²) >= 11 is 0. The maximum atomic E-state index is 12.7. The summed E-state index contributed by atoms with van der Waals surface area (Å²) < 4.78 is 5.79. The number of carbonyl (C=O) groups excluding carboxylic acids is 2. The molecule has 0 spiro atoms. The van der Waals surface area contributed by atoms with Gasteiger partial charge < -0.3 is 15.0 Å². The molecule has 1 saturated heterocycles. The Morgan fingerprint density at radius 1 is 0.879 bits per heavy atom. The van der Waals surface area contributed by atoms with E-state index in [0.717, 1.165) is 22.6 Å². The molecular formula is C28H28N2O3. The van der Waals surface area contributed by atoms with E-state index in [9.17, 15) is 9.59 Å². The fourth-order valence-corrected chi connectivity index (χ4v) is 3.82. The van der Waals surface area contributed by atoms with Gasteiger partial charge in [-0.05, 0) is 54.3 Å². The molecule has 0 bridgehead atoms. The van der Waals surface area contributed by atoms with Crippen molar-refractivity contribution in [3.63, 3.8) is 0 Å². The van der Waals surface area contributed by atoms with E-state index in [1.165, 1.54) is 0 Å². The lowest BCUT2D eigenvalue weighted by molar-refractivity contribution is -0.130. The number of amides is 2. The zero-order valence-electron chi connectivity index (χ0n) is 18.5. The lowest BCUT2D eigenvalue weighted by Crippen LogP contribution is -2.40. The second-order valence-electron chi connectivity index (χ2n) is 8.13. The van der Waals surface area contributed by atoms with E-state index in [4.69, 9.17) is 4.74 Å². The number of nitrogens with zero attached hydrogens (tertiary/aromatic N) is 1. The van der Waals surface area contributed by atoms with Gasteiger partial charge in [0.2, 0.25) is 11.8 Å². The van der Waals surface area contributed by atoms with Crippen LogP contribution in [0.3, 0.4) is 0 Å². The Morgan fingerprint density at radius 3 is 2.18 bits per heavy atom. The molecule has 1 N–H and O–H groups in total. The van der Waals surface area contributed by atoms with Gasteiger partial charge in [-0.2, -0.15) is 0 Å². The third kappa shape index (κ3) is 6.56. The van der Waals surface area contributed by atoms with Crippen LogP contribution in [0.15, 0.2) is 91.0 Å². The Balaban J connectivity index is 1.22. The lowest BCUT2D eigenvalue weighted by Gasteiger charge is -2.30. The Hall–Kier alpha value is -3.86. The van der Waals surface area contributed by atoms with Gasteiger partial charge >= 0.3 is 0 Å². The summed E-state index contributed by atoms with van der Waals surface area (Å²) in [5.41, 5.74) is 2.85. The fraction of sp³-hybridized carbons (Fsp3) is 0.214. The average Bonchev–Trinajstić information content (AvgIpc) is 2.88. The van der Waals surface area contributed by atoms with Gasteiger partial charge in [-0.1, -0.05) is 60.7 Å². The number of carbonyl (C=O) groups is 2. The highest BCUT2D eigenvalue weighted by atomic mass is 16.5. The molecule has 0 aromatic heterocycles. The van der Waals surface area contributed by atoms with Gasteiger partial charge in [0, 0.05) is 30.8 Å². The van der Waals surface area contributed by atoms with Crippen molar-refractivity contribution in [2.75, 3.05) is 18.4 Å². The number of anilines is 1. The van der Waals surface area contributed by atoms with E-state index in [0.29, 0.717) is 32.5 Å². The van der Waals surface area contributed by atoms with Crippen LogP contribution < -0.4 is 10.1 Å². The maximum absolute atomic E-state index is 12.7. The van der Waals surface area contributed by atoms with Crippen molar-refractivity contribution >= 4 is 23.6 Å². The van der Waals surface area contributed by atoms with Crippen molar-refractivity contribution in [3.05, 3.63) is 102 Å². The summed E-state index contributed by atoms with van der Waals surface area (Å²) in [7, 11) is 0. The molecule has 1 aliphatic rings. The van der Waals surface area contributed by atoms with Crippen molar-refractivity contribution in [1.29, 1.82) is 0 Å². The first-order chi connectivity index (χ1) is 16.2. The number of hydrogen-bond donors (Lipinski definition) is 1. The summed E-state index contributed by atoms with van der Waals surface area (Å²) in [5, 5.41) is 2.99. The van der Waals surface area contributed by atoms with Crippen molar-refractivity contribution in [2.24, 2.45) is 5.92 Å². The highest BCUT2D eigenvalue weighted by Crippen LogP contribution is 2.22. The number of rotatable bonds is 7. The molecule has 0 atom stereocenters. The van der Waals surface area contributed by atoms with Crippen LogP contribution in [0.25, 0.3) is 6.08 Å². The number of hydrogen-bond acceptors (Lipinski definition) is 3. The predicted octanol–water partition coefficient (Wildman–Crippen LogP) is 5.16. The molecule has 0 radical (unpaired) electrons. The van der Waals surface area contributed by atoms with Crippen LogP contribution >= 0.6 is 0 Å². The zero-order chi connectivity index (χ0) is 22.9. The number of likely N-dealkylation sites (tertiary alicyclic amines) is 1. The van der Waals surface area contributed by atoms with Gasteiger partial charge in [-0.25, -0.2) is 0 Å². The predicted molar refractivity (Wildman–Crippen MR) is 131 cm³/mol. The standard InChI is InChI=1S/C28H28N2O3/c31-27(16-11-22-7-3-1-4-8-22)30-19-17-24(18-20-30)28(32)29-25-12-14-26(15-13-25)33-21-23-9-5-2-6-10-23/h1-16,24H,17-21H2,(H,29,32). The van der Waals surface area contributed by atoms with E-state index >= 15 is 0 Å². The third-order valence-electron chi connectivity index (χ3n) is 5.77. The van der Waals surface area contributed by atoms with E-state index in [2.05, 4.69) is 5.32 Å². The number of benzene rings is 3. The molecule has 1 fully saturated rings. The molecule has 33 heavy (non-hydrogen) atoms. The molecule has 1 aliphatic heterocycles. The first-order valence-corrected chi connectivity index (χ1v) is 11.3. The van der Waals surface area contributed by atoms with Gasteiger partial charge in [-0.3, -0.25) is 9.59 Å². The van der Waals surface area contributed by atoms with Crippen LogP contribution in [0.5, 0.6) is 5.75 Å². The van der Waals surface area contributed by atoms with Crippen LogP contribution in [0, 0.1) is 5.92 Å². The fourth-order valence-electron chi connectivity index (χ4n) is 3.82. The minimum atomic E-state index is -0.0961. The van der Waals surface area contributed by atoms with Crippen molar-refractivity contribution in [1.82, 2.24) is 4.90 Å². The Kier molecular flexibility index (Phi) is 7.54. The Bertz CT molecular complexity index is 1070. The summed E-state index contributed by atoms with van der Waals surface area (Å²) in [6.45, 7) is 1.68. The molecule has 5 heteroatoms. The molecule has 1 heterocycles. The molecule has 168 valence electrons. The summed E-state index contributed by atoms with van der Waals surface area (Å²) in [4.78, 5) is 26.9. The van der Waals surface area contributed by atoms with E-state index in [-0.39, 0.29) is 17.7 Å². The van der Waals surface area contributed by atoms with Crippen LogP contribution in [0.4, 0.5) is 5.69 Å². The van der Waals surface area contributed by atoms with Crippen molar-refractivity contribution in [2.45, 2.75) is 19.4 Å². The van der Waals surface area contributed by atoms with Gasteiger partial charge in [0.25, 0.3) is 0 Å². The molecule has 3 aromatic rings. The second kappa shape index (κ2) is 11.1. The SMILES string of the molecule is O=C(Nc1ccc(OCc2ccccc2)cc1)C1CCN(C(=O)C=Cc2ccccc2)CC1. The van der Waals surface area contributed by atoms with Gasteiger partial charge in [-0.15, -0.1) is 0 Å². The maximum Gasteiger partial charge on any atom is 0.246 e. The highest BCUT2D eigenvalue weighted by molar-refractivity contribution is 5.94. The second-order valence-corrected chi connectivity index (χ2v) is 8.13. The minimum absolute atomic E-state index is 0.000111. The van der Waals surface area contributed by atoms with E-state index in [1.54, 1.807) is 6.08 Å². The lowest BCUT2D eigenvalue weighted by atomic mass is 9.95. The number of ether oxygens (including phenoxy) is 1. The van der Waals surface area contributed by atoms with Crippen molar-refractivity contribution < 1.29 is 14.3 Å². The van der Waals surface area contributed by atoms with Gasteiger partial charge in [0.05, 0.1) is 0 Å². The molecule has 2 amide bonds. The minimum Gasteiger partial charge on any atom is -0.489 e. The molecule has 3 aromatic carbocycles. The third-order valence-corrected chi connectivity index (χ3v) is 5.77.